The van der Waals surface area contributed by atoms with Gasteiger partial charge in [-0.15, -0.1) is 0 Å². The topological polar surface area (TPSA) is 99.9 Å². The molecule has 1 aromatic heterocycles. The minimum absolute atomic E-state index is 0.106. The molecule has 0 saturated carbocycles. The van der Waals surface area contributed by atoms with Crippen LogP contribution >= 0.6 is 0 Å². The van der Waals surface area contributed by atoms with E-state index < -0.39 is 5.97 Å². The van der Waals surface area contributed by atoms with Gasteiger partial charge in [-0.25, -0.2) is 0 Å². The lowest BCUT2D eigenvalue weighted by Gasteiger charge is -2.20. The summed E-state index contributed by atoms with van der Waals surface area (Å²) in [6.45, 7) is 2.31. The average Bonchev–Trinajstić information content (AvgIpc) is 2.90. The summed E-state index contributed by atoms with van der Waals surface area (Å²) in [5.74, 6) is -1.28. The highest BCUT2D eigenvalue weighted by atomic mass is 16.4. The lowest BCUT2D eigenvalue weighted by Crippen LogP contribution is -2.35. The van der Waals surface area contributed by atoms with E-state index in [9.17, 15) is 14.4 Å². The van der Waals surface area contributed by atoms with E-state index in [0.717, 1.165) is 0 Å². The number of furan rings is 1. The van der Waals surface area contributed by atoms with Crippen LogP contribution in [0.25, 0.3) is 0 Å². The summed E-state index contributed by atoms with van der Waals surface area (Å²) in [5, 5.41) is 11.3. The maximum Gasteiger partial charge on any atom is 0.305 e. The first-order valence-electron chi connectivity index (χ1n) is 6.29. The molecule has 1 rings (SSSR count). The fourth-order valence-corrected chi connectivity index (χ4v) is 1.64. The summed E-state index contributed by atoms with van der Waals surface area (Å²) in [7, 11) is 0. The van der Waals surface area contributed by atoms with E-state index in [1.807, 2.05) is 0 Å². The highest BCUT2D eigenvalue weighted by Gasteiger charge is 2.18. The third kappa shape index (κ3) is 5.55. The van der Waals surface area contributed by atoms with Crippen molar-refractivity contribution in [2.75, 3.05) is 19.6 Å². The van der Waals surface area contributed by atoms with Gasteiger partial charge in [-0.05, 0) is 18.6 Å². The molecule has 2 amide bonds. The van der Waals surface area contributed by atoms with Crippen molar-refractivity contribution in [3.63, 3.8) is 0 Å². The number of nitrogens with zero attached hydrogens (tertiary/aromatic N) is 1. The molecule has 0 atom stereocenters. The third-order valence-corrected chi connectivity index (χ3v) is 2.59. The smallest absolute Gasteiger partial charge is 0.305 e. The molecule has 0 fully saturated rings. The molecule has 2 N–H and O–H groups in total. The van der Waals surface area contributed by atoms with Crippen LogP contribution in [0.5, 0.6) is 0 Å². The number of nitrogens with one attached hydrogen (secondary N) is 1. The molecule has 0 aliphatic carbocycles. The van der Waals surface area contributed by atoms with Crippen molar-refractivity contribution in [3.8, 4) is 0 Å². The minimum Gasteiger partial charge on any atom is -0.481 e. The maximum absolute atomic E-state index is 12.1. The SMILES string of the molecule is CC(=O)NCCCN(CCC(=O)O)C(=O)c1ccco1. The van der Waals surface area contributed by atoms with Crippen LogP contribution in [0.15, 0.2) is 22.8 Å². The van der Waals surface area contributed by atoms with Crippen LogP contribution in [-0.4, -0.2) is 47.4 Å². The predicted molar refractivity (Wildman–Crippen MR) is 70.2 cm³/mol. The Morgan fingerprint density at radius 2 is 2.10 bits per heavy atom. The Morgan fingerprint density at radius 1 is 1.35 bits per heavy atom. The molecule has 0 radical (unpaired) electrons. The number of hydrogen-bond donors (Lipinski definition) is 2. The molecule has 0 bridgehead atoms. The van der Waals surface area contributed by atoms with Crippen LogP contribution in [0.3, 0.4) is 0 Å². The van der Waals surface area contributed by atoms with Gasteiger partial charge < -0.3 is 19.7 Å². The summed E-state index contributed by atoms with van der Waals surface area (Å²) >= 11 is 0. The normalized spacial score (nSPS) is 10.1. The van der Waals surface area contributed by atoms with E-state index >= 15 is 0 Å². The van der Waals surface area contributed by atoms with Crippen molar-refractivity contribution in [3.05, 3.63) is 24.2 Å². The number of carboxylic acids is 1. The van der Waals surface area contributed by atoms with E-state index in [2.05, 4.69) is 5.32 Å². The highest BCUT2D eigenvalue weighted by Crippen LogP contribution is 2.07. The zero-order chi connectivity index (χ0) is 15.0. The summed E-state index contributed by atoms with van der Waals surface area (Å²) in [6, 6.07) is 3.13. The Morgan fingerprint density at radius 3 is 2.65 bits per heavy atom. The van der Waals surface area contributed by atoms with Gasteiger partial charge in [-0.3, -0.25) is 14.4 Å². The van der Waals surface area contributed by atoms with Crippen LogP contribution in [0.4, 0.5) is 0 Å². The van der Waals surface area contributed by atoms with Crippen molar-refractivity contribution >= 4 is 17.8 Å². The summed E-state index contributed by atoms with van der Waals surface area (Å²) in [4.78, 5) is 34.9. The Hall–Kier alpha value is -2.31. The number of carboxylic acid groups (broad SMARTS) is 1. The van der Waals surface area contributed by atoms with E-state index in [4.69, 9.17) is 9.52 Å². The number of carbonyl (C=O) groups is 3. The van der Waals surface area contributed by atoms with Gasteiger partial charge in [0.2, 0.25) is 5.91 Å². The number of amides is 2. The molecule has 20 heavy (non-hydrogen) atoms. The second-order valence-electron chi connectivity index (χ2n) is 4.25. The fraction of sp³-hybridized carbons (Fsp3) is 0.462. The van der Waals surface area contributed by atoms with Crippen molar-refractivity contribution in [1.29, 1.82) is 0 Å². The van der Waals surface area contributed by atoms with E-state index in [1.54, 1.807) is 6.07 Å². The molecule has 0 aliphatic rings. The molecule has 0 aromatic carbocycles. The Bertz CT molecular complexity index is 455. The lowest BCUT2D eigenvalue weighted by atomic mass is 10.3. The predicted octanol–water partition coefficient (Wildman–Crippen LogP) is 0.723. The molecule has 1 aromatic rings. The van der Waals surface area contributed by atoms with Crippen molar-refractivity contribution in [2.24, 2.45) is 0 Å². The van der Waals surface area contributed by atoms with Crippen LogP contribution < -0.4 is 5.32 Å². The lowest BCUT2D eigenvalue weighted by molar-refractivity contribution is -0.137. The first-order valence-corrected chi connectivity index (χ1v) is 6.29. The second kappa shape index (κ2) is 7.98. The molecular weight excluding hydrogens is 264 g/mol. The van der Waals surface area contributed by atoms with Crippen molar-refractivity contribution in [2.45, 2.75) is 19.8 Å². The highest BCUT2D eigenvalue weighted by molar-refractivity contribution is 5.91. The van der Waals surface area contributed by atoms with E-state index in [1.165, 1.54) is 24.2 Å². The van der Waals surface area contributed by atoms with Crippen LogP contribution in [0, 0.1) is 0 Å². The number of carbonyl (C=O) groups excluding carboxylic acids is 2. The molecule has 0 aliphatic heterocycles. The van der Waals surface area contributed by atoms with Gasteiger partial charge in [-0.2, -0.15) is 0 Å². The minimum atomic E-state index is -0.968. The molecule has 0 unspecified atom stereocenters. The van der Waals surface area contributed by atoms with Gasteiger partial charge in [-0.1, -0.05) is 0 Å². The molecule has 0 saturated heterocycles. The van der Waals surface area contributed by atoms with E-state index in [-0.39, 0.29) is 30.5 Å². The van der Waals surface area contributed by atoms with Gasteiger partial charge >= 0.3 is 5.97 Å². The molecular formula is C13H18N2O5. The van der Waals surface area contributed by atoms with Crippen LogP contribution in [0.1, 0.15) is 30.3 Å². The Labute approximate surface area is 116 Å². The molecule has 0 spiro atoms. The summed E-state index contributed by atoms with van der Waals surface area (Å²) in [5.41, 5.74) is 0. The van der Waals surface area contributed by atoms with Gasteiger partial charge in [0.25, 0.3) is 5.91 Å². The first kappa shape index (κ1) is 15.7. The molecule has 1 heterocycles. The number of hydrogen-bond acceptors (Lipinski definition) is 4. The van der Waals surface area contributed by atoms with Gasteiger partial charge in [0.05, 0.1) is 12.7 Å². The monoisotopic (exact) mass is 282 g/mol. The second-order valence-corrected chi connectivity index (χ2v) is 4.25. The zero-order valence-corrected chi connectivity index (χ0v) is 11.3. The number of rotatable bonds is 8. The zero-order valence-electron chi connectivity index (χ0n) is 11.3. The average molecular weight is 282 g/mol. The largest absolute Gasteiger partial charge is 0.481 e. The standard InChI is InChI=1S/C13H18N2O5/c1-10(16)14-6-3-7-15(8-5-12(17)18)13(19)11-4-2-9-20-11/h2,4,9H,3,5-8H2,1H3,(H,14,16)(H,17,18). The van der Waals surface area contributed by atoms with Crippen LogP contribution in [-0.2, 0) is 9.59 Å². The third-order valence-electron chi connectivity index (χ3n) is 2.59. The molecule has 7 nitrogen and oxygen atoms in total. The quantitative estimate of drug-likeness (QED) is 0.684. The Kier molecular flexibility index (Phi) is 6.28. The number of aliphatic carboxylic acids is 1. The molecule has 110 valence electrons. The molecule has 7 heteroatoms. The van der Waals surface area contributed by atoms with Crippen LogP contribution in [0.2, 0.25) is 0 Å². The maximum atomic E-state index is 12.1. The first-order chi connectivity index (χ1) is 9.50. The summed E-state index contributed by atoms with van der Waals surface area (Å²) < 4.78 is 5.02. The van der Waals surface area contributed by atoms with E-state index in [0.29, 0.717) is 19.5 Å². The van der Waals surface area contributed by atoms with Gasteiger partial charge in [0.1, 0.15) is 0 Å². The Balaban J connectivity index is 2.53. The van der Waals surface area contributed by atoms with Crippen molar-refractivity contribution in [1.82, 2.24) is 10.2 Å². The van der Waals surface area contributed by atoms with Crippen molar-refractivity contribution < 1.29 is 23.9 Å². The fourth-order valence-electron chi connectivity index (χ4n) is 1.64. The van der Waals surface area contributed by atoms with Gasteiger partial charge in [0, 0.05) is 26.6 Å². The summed E-state index contributed by atoms with van der Waals surface area (Å²) in [6.07, 6.45) is 1.80. The van der Waals surface area contributed by atoms with Gasteiger partial charge in [0.15, 0.2) is 5.76 Å².